The maximum absolute atomic E-state index is 9.79. The first-order valence-electron chi connectivity index (χ1n) is 7.05. The topological polar surface area (TPSA) is 61.7 Å². The van der Waals surface area contributed by atoms with Crippen molar-refractivity contribution in [3.63, 3.8) is 0 Å². The third-order valence-electron chi connectivity index (χ3n) is 4.02. The van der Waals surface area contributed by atoms with Gasteiger partial charge in [0.05, 0.1) is 11.6 Å². The molecule has 1 saturated carbocycles. The number of hydrogen-bond donors (Lipinski definition) is 3. The number of methoxy groups -OCH3 is 1. The zero-order valence-electron chi connectivity index (χ0n) is 11.7. The molecule has 4 nitrogen and oxygen atoms in total. The van der Waals surface area contributed by atoms with E-state index in [-0.39, 0.29) is 12.4 Å². The molecule has 1 fully saturated rings. The zero-order chi connectivity index (χ0) is 14.5. The number of phenols is 1. The Bertz CT molecular complexity index is 453. The Morgan fingerprint density at radius 1 is 1.35 bits per heavy atom. The lowest BCUT2D eigenvalue weighted by Crippen LogP contribution is -2.39. The predicted molar refractivity (Wildman–Crippen MR) is 82.0 cm³/mol. The van der Waals surface area contributed by atoms with Crippen LogP contribution in [-0.2, 0) is 6.54 Å². The number of aromatic hydroxyl groups is 1. The highest BCUT2D eigenvalue weighted by molar-refractivity contribution is 9.10. The van der Waals surface area contributed by atoms with Crippen molar-refractivity contribution in [2.75, 3.05) is 13.7 Å². The molecule has 112 valence electrons. The lowest BCUT2D eigenvalue weighted by molar-refractivity contribution is 0.152. The molecule has 2 atom stereocenters. The van der Waals surface area contributed by atoms with E-state index in [4.69, 9.17) is 4.74 Å². The van der Waals surface area contributed by atoms with Gasteiger partial charge in [-0.2, -0.15) is 0 Å². The molecule has 0 heterocycles. The van der Waals surface area contributed by atoms with Gasteiger partial charge >= 0.3 is 0 Å². The van der Waals surface area contributed by atoms with Crippen molar-refractivity contribution in [3.8, 4) is 11.5 Å². The van der Waals surface area contributed by atoms with Gasteiger partial charge in [0.15, 0.2) is 11.5 Å². The minimum atomic E-state index is 0.127. The van der Waals surface area contributed by atoms with Crippen LogP contribution in [0.3, 0.4) is 0 Å². The standard InChI is InChI=1S/C15H22BrNO3/c1-20-14-7-10(6-12(16)15(14)19)8-17-13-5-3-2-4-11(13)9-18/h6-7,11,13,17-19H,2-5,8-9H2,1H3. The molecule has 0 bridgehead atoms. The molecule has 1 aromatic carbocycles. The summed E-state index contributed by atoms with van der Waals surface area (Å²) >= 11 is 3.33. The minimum Gasteiger partial charge on any atom is -0.503 e. The van der Waals surface area contributed by atoms with Gasteiger partial charge in [-0.3, -0.25) is 0 Å². The molecule has 0 saturated heterocycles. The number of hydrogen-bond acceptors (Lipinski definition) is 4. The molecule has 0 aromatic heterocycles. The maximum Gasteiger partial charge on any atom is 0.172 e. The number of aliphatic hydroxyl groups is 1. The second-order valence-electron chi connectivity index (χ2n) is 5.34. The fraction of sp³-hybridized carbons (Fsp3) is 0.600. The molecular formula is C15H22BrNO3. The summed E-state index contributed by atoms with van der Waals surface area (Å²) in [5.74, 6) is 0.951. The van der Waals surface area contributed by atoms with E-state index in [2.05, 4.69) is 21.2 Å². The quantitative estimate of drug-likeness (QED) is 0.769. The summed E-state index contributed by atoms with van der Waals surface area (Å²) in [7, 11) is 1.54. The van der Waals surface area contributed by atoms with Crippen LogP contribution in [0.4, 0.5) is 0 Å². The summed E-state index contributed by atoms with van der Waals surface area (Å²) < 4.78 is 5.79. The van der Waals surface area contributed by atoms with E-state index >= 15 is 0 Å². The Morgan fingerprint density at radius 3 is 2.80 bits per heavy atom. The van der Waals surface area contributed by atoms with Crippen molar-refractivity contribution < 1.29 is 14.9 Å². The van der Waals surface area contributed by atoms with Gasteiger partial charge in [0.1, 0.15) is 0 Å². The van der Waals surface area contributed by atoms with Crippen molar-refractivity contribution in [1.29, 1.82) is 0 Å². The van der Waals surface area contributed by atoms with E-state index in [1.165, 1.54) is 12.8 Å². The Balaban J connectivity index is 2.01. The van der Waals surface area contributed by atoms with Crippen LogP contribution in [0.2, 0.25) is 0 Å². The average Bonchev–Trinajstić information content (AvgIpc) is 2.48. The van der Waals surface area contributed by atoms with Gasteiger partial charge in [0.25, 0.3) is 0 Å². The Labute approximate surface area is 128 Å². The lowest BCUT2D eigenvalue weighted by Gasteiger charge is -2.31. The third-order valence-corrected chi connectivity index (χ3v) is 4.62. The average molecular weight is 344 g/mol. The number of ether oxygens (including phenoxy) is 1. The Kier molecular flexibility index (Phi) is 5.69. The fourth-order valence-electron chi connectivity index (χ4n) is 2.83. The molecule has 0 aliphatic heterocycles. The van der Waals surface area contributed by atoms with Crippen LogP contribution in [0, 0.1) is 5.92 Å². The second-order valence-corrected chi connectivity index (χ2v) is 6.20. The predicted octanol–water partition coefficient (Wildman–Crippen LogP) is 2.80. The maximum atomic E-state index is 9.79. The van der Waals surface area contributed by atoms with Gasteiger partial charge in [-0.05, 0) is 52.4 Å². The van der Waals surface area contributed by atoms with Gasteiger partial charge in [0.2, 0.25) is 0 Å². The SMILES string of the molecule is COc1cc(CNC2CCCCC2CO)cc(Br)c1O. The van der Waals surface area contributed by atoms with Crippen LogP contribution in [0.5, 0.6) is 11.5 Å². The first-order valence-corrected chi connectivity index (χ1v) is 7.84. The van der Waals surface area contributed by atoms with Crippen LogP contribution < -0.4 is 10.1 Å². The molecular weight excluding hydrogens is 322 g/mol. The van der Waals surface area contributed by atoms with Gasteiger partial charge in [-0.15, -0.1) is 0 Å². The summed E-state index contributed by atoms with van der Waals surface area (Å²) in [6.07, 6.45) is 4.64. The van der Waals surface area contributed by atoms with Crippen LogP contribution >= 0.6 is 15.9 Å². The van der Waals surface area contributed by atoms with Crippen LogP contribution in [0.25, 0.3) is 0 Å². The molecule has 5 heteroatoms. The Morgan fingerprint density at radius 2 is 2.10 bits per heavy atom. The number of phenolic OH excluding ortho intramolecular Hbond substituents is 1. The van der Waals surface area contributed by atoms with E-state index in [0.717, 1.165) is 18.4 Å². The summed E-state index contributed by atoms with van der Waals surface area (Å²) in [5.41, 5.74) is 1.05. The number of nitrogens with one attached hydrogen (secondary N) is 1. The van der Waals surface area contributed by atoms with E-state index in [9.17, 15) is 10.2 Å². The molecule has 2 unspecified atom stereocenters. The first kappa shape index (κ1) is 15.6. The van der Waals surface area contributed by atoms with E-state index < -0.39 is 0 Å². The molecule has 1 aliphatic rings. The fourth-order valence-corrected chi connectivity index (χ4v) is 3.32. The zero-order valence-corrected chi connectivity index (χ0v) is 13.3. The molecule has 1 aromatic rings. The van der Waals surface area contributed by atoms with Crippen molar-refractivity contribution in [1.82, 2.24) is 5.32 Å². The number of halogens is 1. The van der Waals surface area contributed by atoms with E-state index in [1.54, 1.807) is 7.11 Å². The summed E-state index contributed by atoms with van der Waals surface area (Å²) in [6.45, 7) is 0.955. The monoisotopic (exact) mass is 343 g/mol. The highest BCUT2D eigenvalue weighted by Gasteiger charge is 2.23. The number of rotatable bonds is 5. The largest absolute Gasteiger partial charge is 0.503 e. The second kappa shape index (κ2) is 7.29. The smallest absolute Gasteiger partial charge is 0.172 e. The molecule has 0 spiro atoms. The summed E-state index contributed by atoms with van der Waals surface area (Å²) in [4.78, 5) is 0. The number of aliphatic hydroxyl groups excluding tert-OH is 1. The summed E-state index contributed by atoms with van der Waals surface area (Å²) in [5, 5.41) is 22.7. The van der Waals surface area contributed by atoms with Crippen molar-refractivity contribution in [2.45, 2.75) is 38.3 Å². The lowest BCUT2D eigenvalue weighted by atomic mass is 9.85. The van der Waals surface area contributed by atoms with E-state index in [1.807, 2.05) is 12.1 Å². The van der Waals surface area contributed by atoms with Gasteiger partial charge in [-0.25, -0.2) is 0 Å². The molecule has 2 rings (SSSR count). The van der Waals surface area contributed by atoms with E-state index in [0.29, 0.717) is 28.7 Å². The molecule has 0 radical (unpaired) electrons. The van der Waals surface area contributed by atoms with Gasteiger partial charge in [-0.1, -0.05) is 12.8 Å². The number of benzene rings is 1. The van der Waals surface area contributed by atoms with Crippen LogP contribution in [0.15, 0.2) is 16.6 Å². The highest BCUT2D eigenvalue weighted by atomic mass is 79.9. The molecule has 3 N–H and O–H groups in total. The Hall–Kier alpha value is -0.780. The van der Waals surface area contributed by atoms with Crippen LogP contribution in [0.1, 0.15) is 31.2 Å². The van der Waals surface area contributed by atoms with Crippen molar-refractivity contribution >= 4 is 15.9 Å². The third kappa shape index (κ3) is 3.65. The summed E-state index contributed by atoms with van der Waals surface area (Å²) in [6, 6.07) is 4.10. The van der Waals surface area contributed by atoms with Gasteiger partial charge < -0.3 is 20.3 Å². The van der Waals surface area contributed by atoms with Crippen molar-refractivity contribution in [2.24, 2.45) is 5.92 Å². The normalized spacial score (nSPS) is 22.8. The molecule has 0 amide bonds. The molecule has 20 heavy (non-hydrogen) atoms. The van der Waals surface area contributed by atoms with Crippen molar-refractivity contribution in [3.05, 3.63) is 22.2 Å². The highest BCUT2D eigenvalue weighted by Crippen LogP contribution is 2.35. The minimum absolute atomic E-state index is 0.127. The first-order chi connectivity index (χ1) is 9.65. The van der Waals surface area contributed by atoms with Gasteiger partial charge in [0, 0.05) is 19.2 Å². The van der Waals surface area contributed by atoms with Crippen LogP contribution in [-0.4, -0.2) is 30.0 Å². The molecule has 1 aliphatic carbocycles.